The fraction of sp³-hybridized carbons (Fsp3) is 0.222. The van der Waals surface area contributed by atoms with Crippen LogP contribution in [-0.4, -0.2) is 7.11 Å². The topological polar surface area (TPSA) is 9.23 Å². The van der Waals surface area contributed by atoms with Crippen molar-refractivity contribution in [3.8, 4) is 5.75 Å². The third-order valence-electron chi connectivity index (χ3n) is 3.72. The van der Waals surface area contributed by atoms with Gasteiger partial charge in [0.05, 0.1) is 7.11 Å². The summed E-state index contributed by atoms with van der Waals surface area (Å²) < 4.78 is 5.19. The molecule has 0 amide bonds. The van der Waals surface area contributed by atoms with Crippen LogP contribution in [0.3, 0.4) is 0 Å². The number of aryl methyl sites for hydroxylation is 1. The Labute approximate surface area is 114 Å². The summed E-state index contributed by atoms with van der Waals surface area (Å²) >= 11 is 0. The molecule has 0 aliphatic heterocycles. The Hall–Kier alpha value is -2.02. The van der Waals surface area contributed by atoms with Crippen LogP contribution < -0.4 is 4.74 Å². The summed E-state index contributed by atoms with van der Waals surface area (Å²) in [6, 6.07) is 17.1. The van der Waals surface area contributed by atoms with Crippen LogP contribution in [0.2, 0.25) is 0 Å². The van der Waals surface area contributed by atoms with Gasteiger partial charge in [-0.05, 0) is 48.1 Å². The van der Waals surface area contributed by atoms with Gasteiger partial charge in [-0.1, -0.05) is 48.0 Å². The van der Waals surface area contributed by atoms with Crippen molar-refractivity contribution in [1.29, 1.82) is 0 Å². The van der Waals surface area contributed by atoms with Crippen molar-refractivity contribution in [2.75, 3.05) is 7.11 Å². The van der Waals surface area contributed by atoms with Crippen molar-refractivity contribution >= 4 is 6.08 Å². The lowest BCUT2D eigenvalue weighted by Crippen LogP contribution is -2.01. The Balaban J connectivity index is 1.79. The van der Waals surface area contributed by atoms with Crippen LogP contribution in [0.15, 0.2) is 54.1 Å². The Morgan fingerprint density at radius 1 is 0.947 bits per heavy atom. The van der Waals surface area contributed by atoms with Gasteiger partial charge in [0, 0.05) is 0 Å². The summed E-state index contributed by atoms with van der Waals surface area (Å²) in [5.41, 5.74) is 5.73. The number of fused-ring (bicyclic) bond motifs is 1. The molecule has 0 atom stereocenters. The van der Waals surface area contributed by atoms with E-state index >= 15 is 0 Å². The molecule has 3 rings (SSSR count). The quantitative estimate of drug-likeness (QED) is 0.790. The predicted molar refractivity (Wildman–Crippen MR) is 79.4 cm³/mol. The van der Waals surface area contributed by atoms with Gasteiger partial charge in [-0.15, -0.1) is 0 Å². The molecule has 96 valence electrons. The molecule has 0 saturated heterocycles. The molecular weight excluding hydrogens is 232 g/mol. The monoisotopic (exact) mass is 250 g/mol. The van der Waals surface area contributed by atoms with Gasteiger partial charge in [0.25, 0.3) is 0 Å². The molecule has 0 spiro atoms. The van der Waals surface area contributed by atoms with Gasteiger partial charge in [0.1, 0.15) is 5.75 Å². The lowest BCUT2D eigenvalue weighted by molar-refractivity contribution is 0.414. The molecule has 1 heteroatoms. The van der Waals surface area contributed by atoms with Crippen LogP contribution in [0, 0.1) is 0 Å². The highest BCUT2D eigenvalue weighted by Crippen LogP contribution is 2.26. The Morgan fingerprint density at radius 3 is 2.53 bits per heavy atom. The molecule has 0 N–H and O–H groups in total. The highest BCUT2D eigenvalue weighted by Gasteiger charge is 2.10. The Kier molecular flexibility index (Phi) is 3.37. The molecular formula is C18H18O. The van der Waals surface area contributed by atoms with Crippen LogP contribution in [0.5, 0.6) is 5.75 Å². The van der Waals surface area contributed by atoms with Gasteiger partial charge in [-0.3, -0.25) is 0 Å². The SMILES string of the molecule is COc1ccc(CC2=Cc3ccccc3CC2)cc1. The van der Waals surface area contributed by atoms with E-state index in [0.29, 0.717) is 0 Å². The maximum Gasteiger partial charge on any atom is 0.118 e. The molecule has 1 aliphatic rings. The van der Waals surface area contributed by atoms with Crippen molar-refractivity contribution in [1.82, 2.24) is 0 Å². The second-order valence-electron chi connectivity index (χ2n) is 5.03. The first-order chi connectivity index (χ1) is 9.35. The first kappa shape index (κ1) is 12.0. The minimum absolute atomic E-state index is 0.923. The summed E-state index contributed by atoms with van der Waals surface area (Å²) in [4.78, 5) is 0. The highest BCUT2D eigenvalue weighted by molar-refractivity contribution is 5.60. The van der Waals surface area contributed by atoms with Gasteiger partial charge in [0.15, 0.2) is 0 Å². The van der Waals surface area contributed by atoms with Gasteiger partial charge in [-0.25, -0.2) is 0 Å². The summed E-state index contributed by atoms with van der Waals surface area (Å²) in [6.07, 6.45) is 5.72. The first-order valence-electron chi connectivity index (χ1n) is 6.75. The van der Waals surface area contributed by atoms with E-state index in [9.17, 15) is 0 Å². The molecule has 1 aliphatic carbocycles. The fourth-order valence-electron chi connectivity index (χ4n) is 2.63. The number of methoxy groups -OCH3 is 1. The molecule has 0 bridgehead atoms. The molecule has 2 aromatic carbocycles. The molecule has 0 unspecified atom stereocenters. The van der Waals surface area contributed by atoms with Gasteiger partial charge < -0.3 is 4.74 Å². The van der Waals surface area contributed by atoms with Crippen LogP contribution >= 0.6 is 0 Å². The van der Waals surface area contributed by atoms with Crippen molar-refractivity contribution in [2.45, 2.75) is 19.3 Å². The zero-order valence-corrected chi connectivity index (χ0v) is 11.2. The van der Waals surface area contributed by atoms with Gasteiger partial charge in [0.2, 0.25) is 0 Å². The smallest absolute Gasteiger partial charge is 0.118 e. The van der Waals surface area contributed by atoms with E-state index in [4.69, 9.17) is 4.74 Å². The third-order valence-corrected chi connectivity index (χ3v) is 3.72. The van der Waals surface area contributed by atoms with E-state index in [1.807, 2.05) is 12.1 Å². The summed E-state index contributed by atoms with van der Waals surface area (Å²) in [5.74, 6) is 0.923. The second kappa shape index (κ2) is 5.31. The molecule has 19 heavy (non-hydrogen) atoms. The molecule has 0 aromatic heterocycles. The number of hydrogen-bond acceptors (Lipinski definition) is 1. The number of benzene rings is 2. The summed E-state index contributed by atoms with van der Waals surface area (Å²) in [5, 5.41) is 0. The fourth-order valence-corrected chi connectivity index (χ4v) is 2.63. The lowest BCUT2D eigenvalue weighted by atomic mass is 9.89. The minimum Gasteiger partial charge on any atom is -0.497 e. The van der Waals surface area contributed by atoms with E-state index in [0.717, 1.165) is 18.6 Å². The molecule has 0 fully saturated rings. The van der Waals surface area contributed by atoms with Crippen LogP contribution in [-0.2, 0) is 12.8 Å². The lowest BCUT2D eigenvalue weighted by Gasteiger charge is -2.16. The highest BCUT2D eigenvalue weighted by atomic mass is 16.5. The zero-order chi connectivity index (χ0) is 13.1. The molecule has 2 aromatic rings. The number of allylic oxidation sites excluding steroid dienone is 1. The van der Waals surface area contributed by atoms with Crippen molar-refractivity contribution in [3.05, 3.63) is 70.8 Å². The second-order valence-corrected chi connectivity index (χ2v) is 5.03. The van der Waals surface area contributed by atoms with Crippen molar-refractivity contribution < 1.29 is 4.74 Å². The molecule has 0 saturated carbocycles. The van der Waals surface area contributed by atoms with Gasteiger partial charge in [-0.2, -0.15) is 0 Å². The first-order valence-corrected chi connectivity index (χ1v) is 6.75. The van der Waals surface area contributed by atoms with E-state index < -0.39 is 0 Å². The predicted octanol–water partition coefficient (Wildman–Crippen LogP) is 4.27. The van der Waals surface area contributed by atoms with Crippen LogP contribution in [0.4, 0.5) is 0 Å². The normalized spacial score (nSPS) is 13.6. The average Bonchev–Trinajstić information content (AvgIpc) is 2.48. The molecule has 0 radical (unpaired) electrons. The van der Waals surface area contributed by atoms with Crippen molar-refractivity contribution in [2.24, 2.45) is 0 Å². The number of rotatable bonds is 3. The van der Waals surface area contributed by atoms with Crippen LogP contribution in [0.25, 0.3) is 6.08 Å². The number of ether oxygens (including phenoxy) is 1. The summed E-state index contributed by atoms with van der Waals surface area (Å²) in [6.45, 7) is 0. The largest absolute Gasteiger partial charge is 0.497 e. The zero-order valence-electron chi connectivity index (χ0n) is 11.2. The maximum absolute atomic E-state index is 5.19. The third kappa shape index (κ3) is 2.70. The molecule has 1 nitrogen and oxygen atoms in total. The minimum atomic E-state index is 0.923. The summed E-state index contributed by atoms with van der Waals surface area (Å²) in [7, 11) is 1.70. The molecule has 0 heterocycles. The number of hydrogen-bond donors (Lipinski definition) is 0. The van der Waals surface area contributed by atoms with E-state index in [2.05, 4.69) is 42.5 Å². The van der Waals surface area contributed by atoms with Crippen LogP contribution in [0.1, 0.15) is 23.1 Å². The van der Waals surface area contributed by atoms with Gasteiger partial charge >= 0.3 is 0 Å². The van der Waals surface area contributed by atoms with E-state index in [-0.39, 0.29) is 0 Å². The standard InChI is InChI=1S/C18H18O/c1-19-18-10-7-14(8-11-18)12-15-6-9-16-4-2-3-5-17(16)13-15/h2-5,7-8,10-11,13H,6,9,12H2,1H3. The van der Waals surface area contributed by atoms with E-state index in [1.165, 1.54) is 28.7 Å². The van der Waals surface area contributed by atoms with E-state index in [1.54, 1.807) is 7.11 Å². The van der Waals surface area contributed by atoms with Crippen molar-refractivity contribution in [3.63, 3.8) is 0 Å². The Morgan fingerprint density at radius 2 is 1.74 bits per heavy atom. The average molecular weight is 250 g/mol. The Bertz CT molecular complexity index is 593. The maximum atomic E-state index is 5.19.